The van der Waals surface area contributed by atoms with Crippen LogP contribution in [0.4, 0.5) is 0 Å². The van der Waals surface area contributed by atoms with Gasteiger partial charge in [-0.25, -0.2) is 9.35 Å². The van der Waals surface area contributed by atoms with E-state index in [0.29, 0.717) is 0 Å². The molecular weight excluding hydrogens is 1830 g/mol. The molecule has 0 spiro atoms. The van der Waals surface area contributed by atoms with Gasteiger partial charge in [0.25, 0.3) is 0 Å². The zero-order valence-electron chi connectivity index (χ0n) is 78.3. The van der Waals surface area contributed by atoms with Crippen LogP contribution in [0, 0.1) is 6.07 Å². The molecule has 3 aliphatic rings. The number of H-pyrrole nitrogens is 4. The average Bonchev–Trinajstić information content (AvgIpc) is 1.53. The number of nitrogens with zero attached hydrogens (tertiary/aromatic N) is 6. The van der Waals surface area contributed by atoms with Crippen LogP contribution in [-0.2, 0) is 52.0 Å². The first-order chi connectivity index (χ1) is 71.0. The van der Waals surface area contributed by atoms with Crippen molar-refractivity contribution < 1.29 is 32.7 Å². The second-order valence-corrected chi connectivity index (χ2v) is 37.9. The summed E-state index contributed by atoms with van der Waals surface area (Å²) in [6.45, 7) is 0. The summed E-state index contributed by atoms with van der Waals surface area (Å²) in [6, 6.07) is 163. The molecule has 10 aromatic heterocycles. The molecule has 30 aromatic rings. The number of para-hydroxylation sites is 8. The smallest absolute Gasteiger partial charge is 0.0963 e. The minimum Gasteiger partial charge on any atom is -0.353 e. The Hall–Kier alpha value is -17.8. The third kappa shape index (κ3) is 13.5. The Morgan fingerprint density at radius 1 is 0.201 bits per heavy atom. The molecular formula is C133H87N10Y-. The first-order valence-corrected chi connectivity index (χ1v) is 49.2. The second kappa shape index (κ2) is 34.3. The zero-order chi connectivity index (χ0) is 93.8. The summed E-state index contributed by atoms with van der Waals surface area (Å²) in [5.74, 6) is 0. The van der Waals surface area contributed by atoms with Gasteiger partial charge in [-0.3, -0.25) is 9.97 Å². The van der Waals surface area contributed by atoms with Gasteiger partial charge in [0.15, 0.2) is 0 Å². The van der Waals surface area contributed by atoms with E-state index < -0.39 is 0 Å². The number of pyridine rings is 2. The van der Waals surface area contributed by atoms with Crippen molar-refractivity contribution in [2.75, 3.05) is 0 Å². The van der Waals surface area contributed by atoms with Gasteiger partial charge < -0.3 is 29.1 Å². The summed E-state index contributed by atoms with van der Waals surface area (Å²) < 4.78 is 9.72. The van der Waals surface area contributed by atoms with Crippen LogP contribution in [0.2, 0.25) is 0 Å². The number of hydrogen-bond donors (Lipinski definition) is 4. The van der Waals surface area contributed by atoms with Crippen LogP contribution in [0.15, 0.2) is 468 Å². The quantitative estimate of drug-likeness (QED) is 0.124. The van der Waals surface area contributed by atoms with Crippen LogP contribution in [0.25, 0.3) is 253 Å². The van der Waals surface area contributed by atoms with E-state index in [9.17, 15) is 0 Å². The predicted molar refractivity (Wildman–Crippen MR) is 597 cm³/mol. The van der Waals surface area contributed by atoms with Crippen molar-refractivity contribution in [3.05, 3.63) is 507 Å². The first-order valence-electron chi connectivity index (χ1n) is 49.2. The Morgan fingerprint density at radius 2 is 0.514 bits per heavy atom. The molecule has 144 heavy (non-hydrogen) atoms. The van der Waals surface area contributed by atoms with Crippen molar-refractivity contribution in [3.63, 3.8) is 0 Å². The summed E-state index contributed by atoms with van der Waals surface area (Å²) in [7, 11) is 0. The molecule has 33 rings (SSSR count). The van der Waals surface area contributed by atoms with Crippen LogP contribution >= 0.6 is 0 Å². The third-order valence-corrected chi connectivity index (χ3v) is 30.3. The van der Waals surface area contributed by atoms with E-state index in [1.165, 1.54) is 258 Å². The number of nitrogens with one attached hydrogen (secondary N) is 4. The number of fused-ring (bicyclic) bond motifs is 36. The number of benzene rings is 20. The Balaban J connectivity index is 0.0000000953. The maximum atomic E-state index is 4.63. The molecule has 20 aromatic carbocycles. The van der Waals surface area contributed by atoms with Gasteiger partial charge in [-0.1, -0.05) is 334 Å². The van der Waals surface area contributed by atoms with Gasteiger partial charge in [-0.15, -0.1) is 5.56 Å². The fraction of sp³-hybridized carbons (Fsp3) is 0.0226. The Labute approximate surface area is 852 Å². The largest absolute Gasteiger partial charge is 0.353 e. The molecule has 0 atom stereocenters. The topological polar surface area (TPSA) is 109 Å². The number of rotatable bonds is 6. The van der Waals surface area contributed by atoms with Crippen LogP contribution in [0.5, 0.6) is 0 Å². The van der Waals surface area contributed by atoms with Crippen LogP contribution in [0.3, 0.4) is 0 Å². The van der Waals surface area contributed by atoms with E-state index in [1.807, 2.05) is 49.1 Å². The van der Waals surface area contributed by atoms with E-state index >= 15 is 0 Å². The maximum absolute atomic E-state index is 4.63. The monoisotopic (exact) mass is 1910 g/mol. The summed E-state index contributed by atoms with van der Waals surface area (Å²) in [6.07, 6.45) is 10.6. The van der Waals surface area contributed by atoms with E-state index in [2.05, 4.69) is 473 Å². The molecule has 673 valence electrons. The van der Waals surface area contributed by atoms with Gasteiger partial charge in [0, 0.05) is 165 Å². The van der Waals surface area contributed by atoms with Gasteiger partial charge in [0.1, 0.15) is 0 Å². The molecule has 11 heteroatoms. The third-order valence-electron chi connectivity index (χ3n) is 30.3. The van der Waals surface area contributed by atoms with Crippen LogP contribution in [0.1, 0.15) is 33.4 Å². The second-order valence-electron chi connectivity index (χ2n) is 37.9. The van der Waals surface area contributed by atoms with E-state index in [0.717, 1.165) is 47.0 Å². The Bertz CT molecular complexity index is 10200. The SMILES string of the molecule is [Y].[c-]1ccc(-c2cccc3c2Cc2ccccc2-3)cc1.c1ccc2c(c1)Cc1c(-c3ccc(-n4c5ccccc5c5ccc6c7ccccc7[nH]c6c54)cc3)cccc1-2.c1ccc2c(c1)Cc1c(-c3ccc(-n4c5ccccc5c5ccc6c7ccccc7n(-n7c8ccccc8c8ccncc87)c6c54)cc3)cccc1-2.c1ccc2c(c1)[nH]c1c2ccc2c3ccccc3[nH]c21.c1ccc2c(c1)[nH]c1cnccc12. The molecule has 10 nitrogen and oxygen atoms in total. The van der Waals surface area contributed by atoms with Crippen molar-refractivity contribution >= 4 is 174 Å². The summed E-state index contributed by atoms with van der Waals surface area (Å²) >= 11 is 0. The number of aromatic amines is 4. The van der Waals surface area contributed by atoms with E-state index in [4.69, 9.17) is 0 Å². The number of aromatic nitrogens is 10. The minimum absolute atomic E-state index is 0. The summed E-state index contributed by atoms with van der Waals surface area (Å²) in [4.78, 5) is 22.9. The van der Waals surface area contributed by atoms with Crippen molar-refractivity contribution in [2.45, 2.75) is 19.3 Å². The van der Waals surface area contributed by atoms with Gasteiger partial charge in [0.05, 0.1) is 78.6 Å². The fourth-order valence-corrected chi connectivity index (χ4v) is 24.0. The fourth-order valence-electron chi connectivity index (χ4n) is 24.0. The van der Waals surface area contributed by atoms with E-state index in [1.54, 1.807) is 0 Å². The molecule has 10 heterocycles. The molecule has 0 saturated heterocycles. The molecule has 0 amide bonds. The standard InChI is InChI=1S/C48H30N4.C37H24N2.C19H13.C18H12N2.C11H8N2.Y/c1-2-11-34-31(10-1)28-42-33(15-9-16-35(34)42)30-20-22-32(23-21-30)50-43-17-6-3-13-37(43)40-24-25-41-38-14-5-8-19-45(38)52(48(41)47(40)50)51-44-18-7-4-12-36(44)39-26-27-49-29-46(39)51;1-2-9-27-24(8-1)22-33-26(12-7-13-28(27)33)23-16-18-25(19-17-23)39-35-15-6-4-11-30(35)32-21-20-31-29-10-3-5-14-34(29)38-36(31)37(32)39;1-2-7-14(8-3-1)16-11-6-12-18-17-10-5-4-9-15(17)13-19(16)18;1-3-7-15-11(5-1)13-9-10-14-12-6-2-4-8-16(12)20-18(14)17(13)19-15;1-2-4-10-8(3-1)9-5-6-12-7-11(9)13-10;/h1-27,29H,28H2;1-21,38H,22H2;2-12H,13H2;1-10,19-20H;1-7,13H;/q;;-1;;;. The molecule has 0 unspecified atom stereocenters. The molecule has 0 aliphatic heterocycles. The molecule has 4 N–H and O–H groups in total. The van der Waals surface area contributed by atoms with Gasteiger partial charge in [-0.05, 0) is 199 Å². The van der Waals surface area contributed by atoms with Gasteiger partial charge in [0.2, 0.25) is 0 Å². The summed E-state index contributed by atoms with van der Waals surface area (Å²) in [5, 5.41) is 20.0. The number of hydrogen-bond acceptors (Lipinski definition) is 2. The molecule has 0 bridgehead atoms. The zero-order valence-corrected chi connectivity index (χ0v) is 81.2. The Kier molecular flexibility index (Phi) is 20.1. The Morgan fingerprint density at radius 3 is 0.993 bits per heavy atom. The maximum Gasteiger partial charge on any atom is 0.0963 e. The average molecular weight is 1910 g/mol. The normalized spacial score (nSPS) is 12.2. The van der Waals surface area contributed by atoms with Crippen molar-refractivity contribution in [1.29, 1.82) is 0 Å². The van der Waals surface area contributed by atoms with Crippen molar-refractivity contribution in [3.8, 4) is 78.1 Å². The molecule has 1 radical (unpaired) electrons. The predicted octanol–water partition coefficient (Wildman–Crippen LogP) is 34.0. The minimum atomic E-state index is 0. The van der Waals surface area contributed by atoms with E-state index in [-0.39, 0.29) is 32.7 Å². The molecule has 0 saturated carbocycles. The van der Waals surface area contributed by atoms with Crippen molar-refractivity contribution in [2.24, 2.45) is 0 Å². The summed E-state index contributed by atoms with van der Waals surface area (Å²) in [5.41, 5.74) is 45.7. The molecule has 3 aliphatic carbocycles. The first kappa shape index (κ1) is 84.3. The van der Waals surface area contributed by atoms with Crippen molar-refractivity contribution in [1.82, 2.24) is 48.4 Å². The molecule has 0 fully saturated rings. The van der Waals surface area contributed by atoms with Gasteiger partial charge in [-0.2, -0.15) is 30.3 Å². The van der Waals surface area contributed by atoms with Gasteiger partial charge >= 0.3 is 0 Å². The van der Waals surface area contributed by atoms with Crippen LogP contribution in [-0.4, -0.2) is 48.4 Å². The van der Waals surface area contributed by atoms with Crippen LogP contribution < -0.4 is 0 Å².